The fourth-order valence-corrected chi connectivity index (χ4v) is 2.72. The molecule has 1 fully saturated rings. The minimum absolute atomic E-state index is 0.409. The maximum Gasteiger partial charge on any atom is 0.00684 e. The highest BCUT2D eigenvalue weighted by Crippen LogP contribution is 2.29. The van der Waals surface area contributed by atoms with Crippen LogP contribution < -0.4 is 5.32 Å². The number of aryl methyl sites for hydroxylation is 1. The molecule has 1 aromatic carbocycles. The van der Waals surface area contributed by atoms with Crippen LogP contribution in [0.4, 0.5) is 0 Å². The lowest BCUT2D eigenvalue weighted by Crippen LogP contribution is -2.34. The Labute approximate surface area is 112 Å². The first-order valence-electron chi connectivity index (χ1n) is 7.40. The number of hydrogen-bond acceptors (Lipinski definition) is 1. The van der Waals surface area contributed by atoms with Crippen molar-refractivity contribution in [1.29, 1.82) is 0 Å². The molecule has 1 heteroatoms. The van der Waals surface area contributed by atoms with Gasteiger partial charge < -0.3 is 5.32 Å². The van der Waals surface area contributed by atoms with Gasteiger partial charge >= 0.3 is 0 Å². The Morgan fingerprint density at radius 2 is 1.89 bits per heavy atom. The third-order valence-electron chi connectivity index (χ3n) is 4.00. The summed E-state index contributed by atoms with van der Waals surface area (Å²) in [6, 6.07) is 9.87. The van der Waals surface area contributed by atoms with E-state index in [2.05, 4.69) is 50.4 Å². The van der Waals surface area contributed by atoms with E-state index in [1.807, 2.05) is 0 Å². The molecule has 1 atom stereocenters. The van der Waals surface area contributed by atoms with Gasteiger partial charge in [-0.2, -0.15) is 0 Å². The van der Waals surface area contributed by atoms with Gasteiger partial charge in [-0.25, -0.2) is 0 Å². The van der Waals surface area contributed by atoms with Crippen LogP contribution in [0.15, 0.2) is 24.3 Å². The molecule has 0 saturated heterocycles. The molecule has 1 aliphatic carbocycles. The monoisotopic (exact) mass is 245 g/mol. The van der Waals surface area contributed by atoms with Crippen molar-refractivity contribution in [3.05, 3.63) is 35.4 Å². The predicted octanol–water partition coefficient (Wildman–Crippen LogP) is 4.10. The first-order chi connectivity index (χ1) is 8.61. The molecule has 0 radical (unpaired) electrons. The van der Waals surface area contributed by atoms with Gasteiger partial charge in [0.1, 0.15) is 0 Å². The molecule has 100 valence electrons. The van der Waals surface area contributed by atoms with Crippen LogP contribution in [0.1, 0.15) is 50.7 Å². The topological polar surface area (TPSA) is 12.0 Å². The van der Waals surface area contributed by atoms with Gasteiger partial charge in [-0.3, -0.25) is 0 Å². The zero-order chi connectivity index (χ0) is 13.0. The van der Waals surface area contributed by atoms with Gasteiger partial charge in [0, 0.05) is 12.6 Å². The van der Waals surface area contributed by atoms with Crippen molar-refractivity contribution in [2.45, 2.75) is 58.9 Å². The lowest BCUT2D eigenvalue weighted by atomic mass is 9.79. The van der Waals surface area contributed by atoms with E-state index in [9.17, 15) is 0 Å². The molecule has 0 amide bonds. The van der Waals surface area contributed by atoms with E-state index in [1.165, 1.54) is 49.8 Å². The van der Waals surface area contributed by atoms with Crippen molar-refractivity contribution in [2.75, 3.05) is 6.54 Å². The van der Waals surface area contributed by atoms with Crippen LogP contribution in [0.3, 0.4) is 0 Å². The molecule has 18 heavy (non-hydrogen) atoms. The summed E-state index contributed by atoms with van der Waals surface area (Å²) in [4.78, 5) is 0. The van der Waals surface area contributed by atoms with Crippen LogP contribution in [-0.4, -0.2) is 12.6 Å². The highest BCUT2D eigenvalue weighted by molar-refractivity contribution is 5.22. The van der Waals surface area contributed by atoms with Crippen LogP contribution in [-0.2, 0) is 6.42 Å². The summed E-state index contributed by atoms with van der Waals surface area (Å²) in [7, 11) is 0. The lowest BCUT2D eigenvalue weighted by molar-refractivity contribution is 0.274. The third-order valence-corrected chi connectivity index (χ3v) is 4.00. The van der Waals surface area contributed by atoms with Crippen LogP contribution in [0.2, 0.25) is 0 Å². The van der Waals surface area contributed by atoms with Gasteiger partial charge in [0.2, 0.25) is 0 Å². The number of rotatable bonds is 7. The zero-order valence-corrected chi connectivity index (χ0v) is 12.1. The molecule has 0 bridgehead atoms. The summed E-state index contributed by atoms with van der Waals surface area (Å²) >= 11 is 0. The molecule has 2 rings (SSSR count). The lowest BCUT2D eigenvalue weighted by Gasteiger charge is -2.30. The van der Waals surface area contributed by atoms with Gasteiger partial charge in [0.05, 0.1) is 0 Å². The highest BCUT2D eigenvalue weighted by Gasteiger charge is 2.28. The van der Waals surface area contributed by atoms with Crippen molar-refractivity contribution in [3.63, 3.8) is 0 Å². The molecule has 0 aliphatic heterocycles. The van der Waals surface area contributed by atoms with E-state index in [1.54, 1.807) is 0 Å². The minimum atomic E-state index is 0.409. The SMILES string of the molecule is CCCC(C)(CNC1CC1)Cc1ccc(C)cc1. The molecule has 1 saturated carbocycles. The smallest absolute Gasteiger partial charge is 0.00684 e. The van der Waals surface area contributed by atoms with Crippen LogP contribution in [0.5, 0.6) is 0 Å². The Hall–Kier alpha value is -0.820. The predicted molar refractivity (Wildman–Crippen MR) is 78.9 cm³/mol. The Balaban J connectivity index is 1.96. The fourth-order valence-electron chi connectivity index (χ4n) is 2.72. The summed E-state index contributed by atoms with van der Waals surface area (Å²) in [6.45, 7) is 8.05. The number of benzene rings is 1. The van der Waals surface area contributed by atoms with E-state index in [4.69, 9.17) is 0 Å². The molecule has 0 aromatic heterocycles. The quantitative estimate of drug-likeness (QED) is 0.762. The summed E-state index contributed by atoms with van der Waals surface area (Å²) < 4.78 is 0. The highest BCUT2D eigenvalue weighted by atomic mass is 15.0. The second-order valence-electron chi connectivity index (χ2n) is 6.38. The first kappa shape index (κ1) is 13.6. The Kier molecular flexibility index (Phi) is 4.45. The Morgan fingerprint density at radius 1 is 1.22 bits per heavy atom. The first-order valence-corrected chi connectivity index (χ1v) is 7.40. The molecule has 0 heterocycles. The molecular weight excluding hydrogens is 218 g/mol. The van der Waals surface area contributed by atoms with Gasteiger partial charge in [0.25, 0.3) is 0 Å². The Morgan fingerprint density at radius 3 is 2.44 bits per heavy atom. The number of hydrogen-bond donors (Lipinski definition) is 1. The van der Waals surface area contributed by atoms with Crippen LogP contribution >= 0.6 is 0 Å². The maximum absolute atomic E-state index is 3.71. The normalized spacial score (nSPS) is 18.6. The van der Waals surface area contributed by atoms with Gasteiger partial charge in [0.15, 0.2) is 0 Å². The van der Waals surface area contributed by atoms with Gasteiger partial charge in [-0.15, -0.1) is 0 Å². The van der Waals surface area contributed by atoms with Crippen molar-refractivity contribution >= 4 is 0 Å². The average molecular weight is 245 g/mol. The average Bonchev–Trinajstić information content (AvgIpc) is 3.14. The summed E-state index contributed by atoms with van der Waals surface area (Å²) in [5, 5.41) is 3.71. The summed E-state index contributed by atoms with van der Waals surface area (Å²) in [6.07, 6.45) is 6.54. The minimum Gasteiger partial charge on any atom is -0.313 e. The zero-order valence-electron chi connectivity index (χ0n) is 12.1. The van der Waals surface area contributed by atoms with Crippen LogP contribution in [0.25, 0.3) is 0 Å². The van der Waals surface area contributed by atoms with Crippen LogP contribution in [0, 0.1) is 12.3 Å². The van der Waals surface area contributed by atoms with E-state index < -0.39 is 0 Å². The molecule has 1 aliphatic rings. The summed E-state index contributed by atoms with van der Waals surface area (Å²) in [5.74, 6) is 0. The summed E-state index contributed by atoms with van der Waals surface area (Å²) in [5.41, 5.74) is 3.24. The van der Waals surface area contributed by atoms with E-state index in [-0.39, 0.29) is 0 Å². The van der Waals surface area contributed by atoms with E-state index in [0.29, 0.717) is 5.41 Å². The van der Waals surface area contributed by atoms with Crippen molar-refractivity contribution in [2.24, 2.45) is 5.41 Å². The fraction of sp³-hybridized carbons (Fsp3) is 0.647. The van der Waals surface area contributed by atoms with Crippen molar-refractivity contribution < 1.29 is 0 Å². The molecule has 1 unspecified atom stereocenters. The van der Waals surface area contributed by atoms with Gasteiger partial charge in [-0.1, -0.05) is 50.1 Å². The molecule has 1 N–H and O–H groups in total. The molecular formula is C17H27N. The number of nitrogens with one attached hydrogen (secondary N) is 1. The standard InChI is InChI=1S/C17H27N/c1-4-11-17(3,13-18-16-9-10-16)12-15-7-5-14(2)6-8-15/h5-8,16,18H,4,9-13H2,1-3H3. The van der Waals surface area contributed by atoms with Gasteiger partial charge in [-0.05, 0) is 43.6 Å². The van der Waals surface area contributed by atoms with Crippen molar-refractivity contribution in [1.82, 2.24) is 5.32 Å². The second-order valence-corrected chi connectivity index (χ2v) is 6.38. The second kappa shape index (κ2) is 5.88. The molecule has 1 aromatic rings. The molecule has 0 spiro atoms. The Bertz CT molecular complexity index is 364. The molecule has 1 nitrogen and oxygen atoms in total. The third kappa shape index (κ3) is 4.13. The largest absolute Gasteiger partial charge is 0.313 e. The maximum atomic E-state index is 3.71. The van der Waals surface area contributed by atoms with E-state index >= 15 is 0 Å². The van der Waals surface area contributed by atoms with E-state index in [0.717, 1.165) is 6.04 Å². The van der Waals surface area contributed by atoms with Crippen molar-refractivity contribution in [3.8, 4) is 0 Å².